The number of nitrogens with zero attached hydrogens (tertiary/aromatic N) is 1. The van der Waals surface area contributed by atoms with Crippen molar-refractivity contribution in [3.05, 3.63) is 105 Å². The third-order valence-electron chi connectivity index (χ3n) is 5.72. The van der Waals surface area contributed by atoms with Gasteiger partial charge in [0.05, 0.1) is 17.6 Å². The lowest BCUT2D eigenvalue weighted by molar-refractivity contribution is 0.100. The first-order valence-electron chi connectivity index (χ1n) is 10.1. The second-order valence-electron chi connectivity index (χ2n) is 7.78. The number of carbonyl (C=O) groups excluding carboxylic acids is 1. The van der Waals surface area contributed by atoms with Crippen LogP contribution in [0.4, 0.5) is 13.2 Å². The summed E-state index contributed by atoms with van der Waals surface area (Å²) in [6.45, 7) is -0.128. The molecule has 0 spiro atoms. The molecule has 0 unspecified atom stereocenters. The highest BCUT2D eigenvalue weighted by Crippen LogP contribution is 2.37. The summed E-state index contributed by atoms with van der Waals surface area (Å²) in [5.74, 6) is -3.95. The van der Waals surface area contributed by atoms with Gasteiger partial charge in [0.2, 0.25) is 5.91 Å². The molecule has 1 aromatic heterocycles. The van der Waals surface area contributed by atoms with Crippen LogP contribution in [0.5, 0.6) is 0 Å². The van der Waals surface area contributed by atoms with Crippen LogP contribution in [-0.4, -0.2) is 10.5 Å². The first-order valence-corrected chi connectivity index (χ1v) is 10.9. The van der Waals surface area contributed by atoms with Crippen molar-refractivity contribution in [3.63, 3.8) is 0 Å². The van der Waals surface area contributed by atoms with Crippen LogP contribution in [0, 0.1) is 23.5 Å². The molecule has 5 aromatic rings. The minimum absolute atomic E-state index is 0.0582. The molecule has 1 amide bonds. The molecule has 0 bridgehead atoms. The Bertz CT molecular complexity index is 1630. The van der Waals surface area contributed by atoms with E-state index in [-0.39, 0.29) is 17.7 Å². The van der Waals surface area contributed by atoms with Gasteiger partial charge < -0.3 is 10.3 Å². The van der Waals surface area contributed by atoms with Gasteiger partial charge in [0.15, 0.2) is 11.6 Å². The molecule has 34 heavy (non-hydrogen) atoms. The number of rotatable bonds is 4. The predicted molar refractivity (Wildman–Crippen MR) is 128 cm³/mol. The summed E-state index contributed by atoms with van der Waals surface area (Å²) < 4.78 is 43.6. The van der Waals surface area contributed by atoms with E-state index in [4.69, 9.17) is 28.9 Å². The van der Waals surface area contributed by atoms with Gasteiger partial charge in [-0.15, -0.1) is 0 Å². The zero-order valence-corrected chi connectivity index (χ0v) is 18.8. The predicted octanol–water partition coefficient (Wildman–Crippen LogP) is 7.13. The summed E-state index contributed by atoms with van der Waals surface area (Å²) in [5, 5.41) is 2.00. The van der Waals surface area contributed by atoms with Crippen LogP contribution < -0.4 is 5.73 Å². The maximum absolute atomic E-state index is 14.5. The van der Waals surface area contributed by atoms with Crippen molar-refractivity contribution in [2.75, 3.05) is 0 Å². The largest absolute Gasteiger partial charge is 0.366 e. The average molecular weight is 498 g/mol. The fourth-order valence-corrected chi connectivity index (χ4v) is 4.68. The zero-order valence-electron chi connectivity index (χ0n) is 17.3. The smallest absolute Gasteiger partial charge is 0.249 e. The topological polar surface area (TPSA) is 48.0 Å². The summed E-state index contributed by atoms with van der Waals surface area (Å²) in [7, 11) is 0. The number of benzene rings is 4. The van der Waals surface area contributed by atoms with Crippen LogP contribution in [0.1, 0.15) is 15.9 Å². The van der Waals surface area contributed by atoms with Crippen LogP contribution in [0.25, 0.3) is 32.9 Å². The van der Waals surface area contributed by atoms with Crippen molar-refractivity contribution in [3.8, 4) is 11.1 Å². The normalized spacial score (nSPS) is 11.4. The Morgan fingerprint density at radius 3 is 2.44 bits per heavy atom. The Morgan fingerprint density at radius 2 is 1.71 bits per heavy atom. The molecular formula is C26H14Cl2F3N2O. The first-order chi connectivity index (χ1) is 16.2. The minimum atomic E-state index is -1.27. The Labute approximate surface area is 202 Å². The van der Waals surface area contributed by atoms with Crippen molar-refractivity contribution in [1.82, 2.24) is 4.57 Å². The molecule has 4 aromatic carbocycles. The standard InChI is InChI=1S/C26H14Cl2F3N2O/c27-15-5-7-16(19(28)10-15)13-4-6-17-24(9-13)33(12-14-8-21(30)22(31)11-20(14)29)23-3-1-2-18(25(17)23)26(32)34/h1-5,7-11H,12H2,(H2,32,34). The fraction of sp³-hybridized carbons (Fsp3) is 0.0385. The number of amides is 1. The van der Waals surface area contributed by atoms with E-state index >= 15 is 0 Å². The van der Waals surface area contributed by atoms with Gasteiger partial charge in [-0.2, -0.15) is 0 Å². The van der Waals surface area contributed by atoms with Crippen LogP contribution >= 0.6 is 23.2 Å². The van der Waals surface area contributed by atoms with E-state index in [0.717, 1.165) is 6.07 Å². The van der Waals surface area contributed by atoms with Crippen LogP contribution in [0.15, 0.2) is 60.7 Å². The molecule has 3 nitrogen and oxygen atoms in total. The van der Waals surface area contributed by atoms with E-state index in [0.29, 0.717) is 49.0 Å². The Hall–Kier alpha value is -3.48. The molecule has 5 rings (SSSR count). The quantitative estimate of drug-likeness (QED) is 0.263. The summed E-state index contributed by atoms with van der Waals surface area (Å²) in [4.78, 5) is 12.1. The van der Waals surface area contributed by atoms with Crippen molar-refractivity contribution < 1.29 is 18.0 Å². The summed E-state index contributed by atoms with van der Waals surface area (Å²) in [6.07, 6.45) is 0. The van der Waals surface area contributed by atoms with Crippen LogP contribution in [-0.2, 0) is 6.54 Å². The van der Waals surface area contributed by atoms with Crippen LogP contribution in [0.2, 0.25) is 10.0 Å². The van der Waals surface area contributed by atoms with E-state index < -0.39 is 23.4 Å². The molecular weight excluding hydrogens is 484 g/mol. The molecule has 0 aliphatic heterocycles. The SMILES string of the molecule is NC(=O)c1cccc2c1c1[c]cc(-c3ccc(Cl)cc3Cl)cc1n2Cc1cc(F)c(F)cc1F. The van der Waals surface area contributed by atoms with Crippen molar-refractivity contribution >= 4 is 50.9 Å². The number of primary amides is 1. The number of aromatic nitrogens is 1. The number of nitrogens with two attached hydrogens (primary N) is 1. The highest BCUT2D eigenvalue weighted by atomic mass is 35.5. The van der Waals surface area contributed by atoms with Gasteiger partial charge in [0, 0.05) is 43.6 Å². The third-order valence-corrected chi connectivity index (χ3v) is 6.27. The van der Waals surface area contributed by atoms with Gasteiger partial charge in [-0.25, -0.2) is 13.2 Å². The fourth-order valence-electron chi connectivity index (χ4n) is 4.17. The van der Waals surface area contributed by atoms with Crippen molar-refractivity contribution in [2.45, 2.75) is 6.54 Å². The Morgan fingerprint density at radius 1 is 0.941 bits per heavy atom. The highest BCUT2D eigenvalue weighted by Gasteiger charge is 2.19. The number of hydrogen-bond acceptors (Lipinski definition) is 1. The molecule has 169 valence electrons. The van der Waals surface area contributed by atoms with E-state index in [9.17, 15) is 18.0 Å². The van der Waals surface area contributed by atoms with Gasteiger partial charge >= 0.3 is 0 Å². The minimum Gasteiger partial charge on any atom is -0.366 e. The van der Waals surface area contributed by atoms with E-state index in [1.807, 2.05) is 6.07 Å². The second-order valence-corrected chi connectivity index (χ2v) is 8.62. The lowest BCUT2D eigenvalue weighted by Gasteiger charge is -2.11. The molecule has 1 heterocycles. The van der Waals surface area contributed by atoms with Gasteiger partial charge in [0.25, 0.3) is 0 Å². The number of halogens is 5. The average Bonchev–Trinajstić information content (AvgIpc) is 3.10. The summed E-state index contributed by atoms with van der Waals surface area (Å²) in [5.41, 5.74) is 8.34. The molecule has 0 saturated carbocycles. The van der Waals surface area contributed by atoms with Gasteiger partial charge in [-0.3, -0.25) is 4.79 Å². The monoisotopic (exact) mass is 497 g/mol. The van der Waals surface area contributed by atoms with Crippen LogP contribution in [0.3, 0.4) is 0 Å². The van der Waals surface area contributed by atoms with E-state index in [2.05, 4.69) is 6.07 Å². The summed E-state index contributed by atoms with van der Waals surface area (Å²) >= 11 is 12.4. The van der Waals surface area contributed by atoms with Gasteiger partial charge in [-0.05, 0) is 54.1 Å². The molecule has 8 heteroatoms. The lowest BCUT2D eigenvalue weighted by Crippen LogP contribution is -2.11. The Kier molecular flexibility index (Phi) is 5.50. The zero-order chi connectivity index (χ0) is 24.1. The van der Waals surface area contributed by atoms with Gasteiger partial charge in [0.1, 0.15) is 5.82 Å². The first kappa shape index (κ1) is 22.3. The van der Waals surface area contributed by atoms with Crippen molar-refractivity contribution in [2.24, 2.45) is 5.73 Å². The maximum atomic E-state index is 14.5. The molecule has 0 aliphatic carbocycles. The number of carbonyl (C=O) groups is 1. The molecule has 0 saturated heterocycles. The number of fused-ring (bicyclic) bond motifs is 3. The maximum Gasteiger partial charge on any atom is 0.249 e. The molecule has 0 aliphatic rings. The van der Waals surface area contributed by atoms with E-state index in [1.54, 1.807) is 47.0 Å². The molecule has 2 N–H and O–H groups in total. The molecule has 1 radical (unpaired) electrons. The Balaban J connectivity index is 1.81. The lowest BCUT2D eigenvalue weighted by atomic mass is 10.0. The second kappa shape index (κ2) is 8.38. The third kappa shape index (κ3) is 3.69. The number of hydrogen-bond donors (Lipinski definition) is 1. The van der Waals surface area contributed by atoms with Gasteiger partial charge in [-0.1, -0.05) is 35.3 Å². The van der Waals surface area contributed by atoms with E-state index in [1.165, 1.54) is 0 Å². The highest BCUT2D eigenvalue weighted by molar-refractivity contribution is 6.36. The molecule has 0 fully saturated rings. The molecule has 0 atom stereocenters. The summed E-state index contributed by atoms with van der Waals surface area (Å²) in [6, 6.07) is 18.1. The van der Waals surface area contributed by atoms with Crippen molar-refractivity contribution in [1.29, 1.82) is 0 Å².